The monoisotopic (exact) mass is 411 g/mol. The molecular weight excluding hydrogens is 394 g/mol. The maximum Gasteiger partial charge on any atom is 0.325 e. The molecule has 2 aromatic carbocycles. The predicted octanol–water partition coefficient (Wildman–Crippen LogP) is 3.34. The molecule has 2 aromatic rings. The highest BCUT2D eigenvalue weighted by Gasteiger charge is 2.48. The minimum Gasteiger partial charge on any atom is -0.489 e. The van der Waals surface area contributed by atoms with Crippen LogP contribution in [-0.4, -0.2) is 30.1 Å². The molecule has 29 heavy (non-hydrogen) atoms. The van der Waals surface area contributed by atoms with Crippen LogP contribution in [0.3, 0.4) is 0 Å². The number of urea groups is 1. The molecule has 0 aromatic heterocycles. The lowest BCUT2D eigenvalue weighted by atomic mass is 9.91. The summed E-state index contributed by atoms with van der Waals surface area (Å²) < 4.78 is 11.3. The lowest BCUT2D eigenvalue weighted by Crippen LogP contribution is -2.40. The molecule has 2 aliphatic heterocycles. The van der Waals surface area contributed by atoms with Gasteiger partial charge in [0.15, 0.2) is 11.5 Å². The van der Waals surface area contributed by atoms with Gasteiger partial charge in [-0.15, -0.1) is 0 Å². The fourth-order valence-electron chi connectivity index (χ4n) is 3.47. The van der Waals surface area contributed by atoms with E-state index in [9.17, 15) is 9.59 Å². The van der Waals surface area contributed by atoms with E-state index in [-0.39, 0.29) is 12.5 Å². The first-order chi connectivity index (χ1) is 13.9. The average Bonchev–Trinajstić information content (AvgIpc) is 2.88. The van der Waals surface area contributed by atoms with E-state index in [4.69, 9.17) is 26.3 Å². The van der Waals surface area contributed by atoms with E-state index in [1.165, 1.54) is 0 Å². The third-order valence-corrected chi connectivity index (χ3v) is 5.35. The average molecular weight is 412 g/mol. The van der Waals surface area contributed by atoms with Gasteiger partial charge in [0.25, 0.3) is 5.91 Å². The summed E-state index contributed by atoms with van der Waals surface area (Å²) in [5.41, 5.74) is 0.536. The summed E-state index contributed by atoms with van der Waals surface area (Å²) in [4.78, 5) is 26.8. The number of amides is 3. The molecule has 1 N–H and O–H groups in total. The maximum absolute atomic E-state index is 13.1. The third kappa shape index (κ3) is 3.36. The van der Waals surface area contributed by atoms with Crippen molar-refractivity contribution in [3.05, 3.63) is 58.1 Å². The van der Waals surface area contributed by atoms with Gasteiger partial charge in [-0.3, -0.25) is 9.69 Å². The Bertz CT molecular complexity index is 1030. The molecule has 0 aliphatic carbocycles. The molecule has 8 heteroatoms. The van der Waals surface area contributed by atoms with Gasteiger partial charge in [-0.25, -0.2) is 4.79 Å². The van der Waals surface area contributed by atoms with Gasteiger partial charge < -0.3 is 14.8 Å². The summed E-state index contributed by atoms with van der Waals surface area (Å²) in [6.07, 6.45) is 0.746. The summed E-state index contributed by atoms with van der Waals surface area (Å²) in [5, 5.41) is 12.1. The Morgan fingerprint density at radius 1 is 1.21 bits per heavy atom. The summed E-state index contributed by atoms with van der Waals surface area (Å²) in [6, 6.07) is 11.5. The number of hydrogen-bond donors (Lipinski definition) is 1. The second-order valence-corrected chi connectivity index (χ2v) is 7.50. The van der Waals surface area contributed by atoms with Gasteiger partial charge in [-0.2, -0.15) is 5.26 Å². The van der Waals surface area contributed by atoms with E-state index in [0.717, 1.165) is 11.3 Å². The topological polar surface area (TPSA) is 91.7 Å². The lowest BCUT2D eigenvalue weighted by Gasteiger charge is -2.22. The Morgan fingerprint density at radius 2 is 1.93 bits per heavy atom. The molecule has 1 fully saturated rings. The highest BCUT2D eigenvalue weighted by molar-refractivity contribution is 6.32. The third-order valence-electron chi connectivity index (χ3n) is 5.07. The molecule has 2 aliphatic rings. The normalized spacial score (nSPS) is 20.8. The number of carbonyl (C=O) groups excluding carboxylic acids is 2. The maximum atomic E-state index is 13.1. The van der Waals surface area contributed by atoms with Crippen LogP contribution in [0, 0.1) is 11.3 Å². The van der Waals surface area contributed by atoms with Crippen LogP contribution in [-0.2, 0) is 16.9 Å². The van der Waals surface area contributed by atoms with Crippen molar-refractivity contribution in [2.75, 3.05) is 13.2 Å². The number of fused-ring (bicyclic) bond motifs is 1. The molecule has 1 unspecified atom stereocenters. The van der Waals surface area contributed by atoms with Crippen molar-refractivity contribution < 1.29 is 19.1 Å². The van der Waals surface area contributed by atoms with E-state index < -0.39 is 11.6 Å². The Labute approximate surface area is 172 Å². The standard InChI is InChI=1S/C21H18ClN3O4/c1-21(15-5-3-13(11-23)4-6-15)19(26)25(20(27)24-21)12-14-9-16(22)18-17(10-14)28-7-2-8-29-18/h3-6,9-10H,2,7-8,12H2,1H3,(H,24,27). The van der Waals surface area contributed by atoms with E-state index in [0.29, 0.717) is 46.4 Å². The van der Waals surface area contributed by atoms with Gasteiger partial charge in [0.2, 0.25) is 0 Å². The predicted molar refractivity (Wildman–Crippen MR) is 105 cm³/mol. The first-order valence-electron chi connectivity index (χ1n) is 9.15. The minimum absolute atomic E-state index is 0.0485. The number of rotatable bonds is 3. The van der Waals surface area contributed by atoms with Crippen LogP contribution in [0.25, 0.3) is 0 Å². The number of carbonyl (C=O) groups is 2. The van der Waals surface area contributed by atoms with Crippen LogP contribution in [0.2, 0.25) is 5.02 Å². The van der Waals surface area contributed by atoms with E-state index in [2.05, 4.69) is 5.32 Å². The largest absolute Gasteiger partial charge is 0.489 e. The zero-order valence-electron chi connectivity index (χ0n) is 15.7. The number of benzene rings is 2. The van der Waals surface area contributed by atoms with Crippen LogP contribution < -0.4 is 14.8 Å². The molecule has 148 valence electrons. The molecule has 0 saturated carbocycles. The van der Waals surface area contributed by atoms with Gasteiger partial charge in [-0.1, -0.05) is 23.7 Å². The fourth-order valence-corrected chi connectivity index (χ4v) is 3.76. The van der Waals surface area contributed by atoms with Crippen molar-refractivity contribution >= 4 is 23.5 Å². The van der Waals surface area contributed by atoms with Crippen LogP contribution in [0.5, 0.6) is 11.5 Å². The van der Waals surface area contributed by atoms with Gasteiger partial charge in [0.1, 0.15) is 5.54 Å². The highest BCUT2D eigenvalue weighted by Crippen LogP contribution is 2.39. The summed E-state index contributed by atoms with van der Waals surface area (Å²) >= 11 is 6.32. The Morgan fingerprint density at radius 3 is 2.66 bits per heavy atom. The zero-order chi connectivity index (χ0) is 20.6. The smallest absolute Gasteiger partial charge is 0.325 e. The Kier molecular flexibility index (Phi) is 4.81. The molecule has 1 saturated heterocycles. The van der Waals surface area contributed by atoms with Crippen LogP contribution in [0.1, 0.15) is 30.0 Å². The zero-order valence-corrected chi connectivity index (χ0v) is 16.5. The van der Waals surface area contributed by atoms with Crippen molar-refractivity contribution in [2.45, 2.75) is 25.4 Å². The van der Waals surface area contributed by atoms with Crippen LogP contribution in [0.4, 0.5) is 4.79 Å². The first kappa shape index (κ1) is 19.1. The highest BCUT2D eigenvalue weighted by atomic mass is 35.5. The van der Waals surface area contributed by atoms with Crippen molar-refractivity contribution in [3.63, 3.8) is 0 Å². The number of ether oxygens (including phenoxy) is 2. The van der Waals surface area contributed by atoms with E-state index in [1.807, 2.05) is 6.07 Å². The van der Waals surface area contributed by atoms with E-state index in [1.54, 1.807) is 43.3 Å². The summed E-state index contributed by atoms with van der Waals surface area (Å²) in [5.74, 6) is 0.606. The molecule has 7 nitrogen and oxygen atoms in total. The molecule has 0 bridgehead atoms. The number of hydrogen-bond acceptors (Lipinski definition) is 5. The van der Waals surface area contributed by atoms with Gasteiger partial charge in [0.05, 0.1) is 36.4 Å². The molecule has 3 amide bonds. The number of nitriles is 1. The van der Waals surface area contributed by atoms with Crippen molar-refractivity contribution in [1.29, 1.82) is 5.26 Å². The van der Waals surface area contributed by atoms with Crippen LogP contribution >= 0.6 is 11.6 Å². The molecule has 1 atom stereocenters. The molecule has 2 heterocycles. The fraction of sp³-hybridized carbons (Fsp3) is 0.286. The summed E-state index contributed by atoms with van der Waals surface area (Å²) in [7, 11) is 0. The Balaban J connectivity index is 1.61. The number of nitrogens with one attached hydrogen (secondary N) is 1. The van der Waals surface area contributed by atoms with E-state index >= 15 is 0 Å². The number of nitrogens with zero attached hydrogens (tertiary/aromatic N) is 2. The quantitative estimate of drug-likeness (QED) is 0.782. The molecule has 4 rings (SSSR count). The second kappa shape index (κ2) is 7.30. The second-order valence-electron chi connectivity index (χ2n) is 7.09. The van der Waals surface area contributed by atoms with Gasteiger partial charge >= 0.3 is 6.03 Å². The summed E-state index contributed by atoms with van der Waals surface area (Å²) in [6.45, 7) is 2.72. The molecule has 0 radical (unpaired) electrons. The first-order valence-corrected chi connectivity index (χ1v) is 9.53. The van der Waals surface area contributed by atoms with Gasteiger partial charge in [0, 0.05) is 6.42 Å². The van der Waals surface area contributed by atoms with Gasteiger partial charge in [-0.05, 0) is 42.3 Å². The van der Waals surface area contributed by atoms with Crippen molar-refractivity contribution in [2.24, 2.45) is 0 Å². The molecule has 0 spiro atoms. The van der Waals surface area contributed by atoms with Crippen molar-refractivity contribution in [3.8, 4) is 17.6 Å². The molecular formula is C21H18ClN3O4. The van der Waals surface area contributed by atoms with Crippen LogP contribution in [0.15, 0.2) is 36.4 Å². The Hall–Kier alpha value is -3.24. The lowest BCUT2D eigenvalue weighted by molar-refractivity contribution is -0.131. The number of imide groups is 1. The number of halogens is 1. The SMILES string of the molecule is CC1(c2ccc(C#N)cc2)NC(=O)N(Cc2cc(Cl)c3c(c2)OCCCO3)C1=O. The minimum atomic E-state index is -1.21. The van der Waals surface area contributed by atoms with Crippen molar-refractivity contribution in [1.82, 2.24) is 10.2 Å².